The zero-order chi connectivity index (χ0) is 18.5. The fraction of sp³-hybridized carbons (Fsp3) is 0.467. The highest BCUT2D eigenvalue weighted by atomic mass is 19.4. The van der Waals surface area contributed by atoms with Crippen LogP contribution in [0.2, 0.25) is 0 Å². The molecule has 0 aliphatic rings. The number of esters is 1. The van der Waals surface area contributed by atoms with Gasteiger partial charge in [-0.05, 0) is 39.8 Å². The lowest BCUT2D eigenvalue weighted by atomic mass is 10.1. The molecule has 1 rings (SSSR count). The van der Waals surface area contributed by atoms with E-state index in [1.54, 1.807) is 27.7 Å². The molecule has 0 aromatic heterocycles. The molecule has 0 aliphatic carbocycles. The molecule has 0 unspecified atom stereocenters. The monoisotopic (exact) mass is 349 g/mol. The summed E-state index contributed by atoms with van der Waals surface area (Å²) in [5, 5.41) is 2.22. The molecular formula is C15H18F3NO5. The number of anilines is 1. The quantitative estimate of drug-likeness (QED) is 0.828. The van der Waals surface area contributed by atoms with E-state index < -0.39 is 29.8 Å². The normalized spacial score (nSPS) is 11.6. The molecule has 134 valence electrons. The van der Waals surface area contributed by atoms with Crippen molar-refractivity contribution in [2.24, 2.45) is 0 Å². The average Bonchev–Trinajstić information content (AvgIpc) is 2.34. The maximum atomic E-state index is 12.3. The van der Waals surface area contributed by atoms with Crippen molar-refractivity contribution in [1.29, 1.82) is 0 Å². The zero-order valence-corrected chi connectivity index (χ0v) is 13.6. The topological polar surface area (TPSA) is 73.9 Å². The Morgan fingerprint density at radius 2 is 1.79 bits per heavy atom. The van der Waals surface area contributed by atoms with Gasteiger partial charge in [-0.2, -0.15) is 0 Å². The molecule has 9 heteroatoms. The van der Waals surface area contributed by atoms with Crippen LogP contribution in [0.4, 0.5) is 23.7 Å². The number of rotatable bonds is 4. The fourth-order valence-corrected chi connectivity index (χ4v) is 1.62. The summed E-state index contributed by atoms with van der Waals surface area (Å²) in [6.07, 6.45) is -5.84. The van der Waals surface area contributed by atoms with E-state index in [4.69, 9.17) is 9.47 Å². The van der Waals surface area contributed by atoms with E-state index in [9.17, 15) is 22.8 Å². The molecule has 24 heavy (non-hydrogen) atoms. The number of nitrogens with one attached hydrogen (secondary N) is 1. The van der Waals surface area contributed by atoms with Gasteiger partial charge in [0.25, 0.3) is 0 Å². The first kappa shape index (κ1) is 19.6. The van der Waals surface area contributed by atoms with E-state index in [0.717, 1.165) is 18.2 Å². The van der Waals surface area contributed by atoms with Crippen LogP contribution in [-0.2, 0) is 9.47 Å². The zero-order valence-electron chi connectivity index (χ0n) is 13.6. The predicted molar refractivity (Wildman–Crippen MR) is 78.9 cm³/mol. The Morgan fingerprint density at radius 3 is 2.29 bits per heavy atom. The highest BCUT2D eigenvalue weighted by Gasteiger charge is 2.31. The lowest BCUT2D eigenvalue weighted by molar-refractivity contribution is -0.274. The van der Waals surface area contributed by atoms with Crippen molar-refractivity contribution in [2.75, 3.05) is 11.9 Å². The second-order valence-corrected chi connectivity index (χ2v) is 5.60. The van der Waals surface area contributed by atoms with Gasteiger partial charge in [-0.15, -0.1) is 13.2 Å². The molecule has 6 nitrogen and oxygen atoms in total. The third kappa shape index (κ3) is 6.76. The smallest absolute Gasteiger partial charge is 0.462 e. The Labute approximate surface area is 136 Å². The molecule has 1 aromatic carbocycles. The van der Waals surface area contributed by atoms with Crippen molar-refractivity contribution in [3.05, 3.63) is 23.8 Å². The lowest BCUT2D eigenvalue weighted by Crippen LogP contribution is -2.28. The summed E-state index contributed by atoms with van der Waals surface area (Å²) in [5.74, 6) is -1.40. The number of hydrogen-bond acceptors (Lipinski definition) is 5. The van der Waals surface area contributed by atoms with Crippen LogP contribution >= 0.6 is 0 Å². The molecule has 1 aromatic rings. The summed E-state index contributed by atoms with van der Waals surface area (Å²) in [4.78, 5) is 23.7. The Balaban J connectivity index is 3.12. The van der Waals surface area contributed by atoms with Crippen LogP contribution in [0.25, 0.3) is 0 Å². The number of carbonyl (C=O) groups is 2. The average molecular weight is 349 g/mol. The number of alkyl halides is 3. The second-order valence-electron chi connectivity index (χ2n) is 5.60. The minimum atomic E-state index is -4.91. The number of amides is 1. The molecule has 0 atom stereocenters. The summed E-state index contributed by atoms with van der Waals surface area (Å²) < 4.78 is 50.5. The van der Waals surface area contributed by atoms with E-state index in [1.807, 2.05) is 0 Å². The minimum Gasteiger partial charge on any atom is -0.462 e. The number of benzene rings is 1. The Bertz CT molecular complexity index is 608. The van der Waals surface area contributed by atoms with Crippen LogP contribution in [0.3, 0.4) is 0 Å². The molecule has 0 heterocycles. The highest BCUT2D eigenvalue weighted by Crippen LogP contribution is 2.28. The lowest BCUT2D eigenvalue weighted by Gasteiger charge is -2.20. The number of carbonyl (C=O) groups excluding carboxylic acids is 2. The first-order chi connectivity index (χ1) is 10.9. The van der Waals surface area contributed by atoms with Gasteiger partial charge >= 0.3 is 18.4 Å². The van der Waals surface area contributed by atoms with Crippen LogP contribution in [0.1, 0.15) is 38.1 Å². The van der Waals surface area contributed by atoms with Gasteiger partial charge in [-0.1, -0.05) is 0 Å². The summed E-state index contributed by atoms with van der Waals surface area (Å²) in [7, 11) is 0. The molecule has 1 amide bonds. The molecule has 0 radical (unpaired) electrons. The first-order valence-corrected chi connectivity index (χ1v) is 6.98. The summed E-state index contributed by atoms with van der Waals surface area (Å²) in [6, 6.07) is 2.87. The van der Waals surface area contributed by atoms with Gasteiger partial charge in [-0.25, -0.2) is 9.59 Å². The highest BCUT2D eigenvalue weighted by molar-refractivity contribution is 6.00. The van der Waals surface area contributed by atoms with Crippen molar-refractivity contribution in [3.8, 4) is 5.75 Å². The minimum absolute atomic E-state index is 0.0610. The molecule has 0 spiro atoms. The Hall–Kier alpha value is -2.45. The first-order valence-electron chi connectivity index (χ1n) is 6.98. The molecule has 1 N–H and O–H groups in total. The van der Waals surface area contributed by atoms with E-state index in [0.29, 0.717) is 0 Å². The van der Waals surface area contributed by atoms with E-state index >= 15 is 0 Å². The fourth-order valence-electron chi connectivity index (χ4n) is 1.62. The largest absolute Gasteiger partial charge is 0.573 e. The van der Waals surface area contributed by atoms with Crippen molar-refractivity contribution in [1.82, 2.24) is 0 Å². The van der Waals surface area contributed by atoms with Gasteiger partial charge in [-0.3, -0.25) is 5.32 Å². The van der Waals surface area contributed by atoms with Crippen molar-refractivity contribution in [2.45, 2.75) is 39.7 Å². The molecule has 0 aliphatic heterocycles. The maximum absolute atomic E-state index is 12.3. The number of ether oxygens (including phenoxy) is 3. The van der Waals surface area contributed by atoms with E-state index in [1.165, 1.54) is 0 Å². The van der Waals surface area contributed by atoms with E-state index in [2.05, 4.69) is 10.1 Å². The van der Waals surface area contributed by atoms with E-state index in [-0.39, 0.29) is 17.9 Å². The maximum Gasteiger partial charge on any atom is 0.573 e. The van der Waals surface area contributed by atoms with Gasteiger partial charge in [0.2, 0.25) is 0 Å². The Morgan fingerprint density at radius 1 is 1.17 bits per heavy atom. The van der Waals surface area contributed by atoms with Gasteiger partial charge in [0.1, 0.15) is 11.4 Å². The third-order valence-corrected chi connectivity index (χ3v) is 2.36. The Kier molecular flexibility index (Phi) is 6.05. The van der Waals surface area contributed by atoms with Crippen LogP contribution in [0.5, 0.6) is 5.75 Å². The summed E-state index contributed by atoms with van der Waals surface area (Å²) >= 11 is 0. The van der Waals surface area contributed by atoms with Crippen molar-refractivity contribution >= 4 is 17.7 Å². The molecule has 0 saturated heterocycles. The summed E-state index contributed by atoms with van der Waals surface area (Å²) in [5.41, 5.74) is -1.17. The number of hydrogen-bond donors (Lipinski definition) is 1. The van der Waals surface area contributed by atoms with Crippen LogP contribution < -0.4 is 10.1 Å². The third-order valence-electron chi connectivity index (χ3n) is 2.36. The van der Waals surface area contributed by atoms with Crippen LogP contribution in [0.15, 0.2) is 18.2 Å². The van der Waals surface area contributed by atoms with Gasteiger partial charge in [0, 0.05) is 6.07 Å². The molecular weight excluding hydrogens is 331 g/mol. The van der Waals surface area contributed by atoms with Crippen LogP contribution in [0, 0.1) is 0 Å². The standard InChI is InChI=1S/C15H18F3NO5/c1-5-22-12(20)10-7-6-9(23-15(16,17)18)8-11(10)19-13(21)24-14(2,3)4/h6-8H,5H2,1-4H3,(H,19,21). The van der Waals surface area contributed by atoms with Gasteiger partial charge < -0.3 is 14.2 Å². The predicted octanol–water partition coefficient (Wildman–Crippen LogP) is 4.11. The molecule has 0 bridgehead atoms. The molecule has 0 saturated carbocycles. The van der Waals surface area contributed by atoms with Crippen LogP contribution in [-0.4, -0.2) is 30.6 Å². The molecule has 0 fully saturated rings. The SMILES string of the molecule is CCOC(=O)c1ccc(OC(F)(F)F)cc1NC(=O)OC(C)(C)C. The van der Waals surface area contributed by atoms with Gasteiger partial charge in [0.15, 0.2) is 0 Å². The summed E-state index contributed by atoms with van der Waals surface area (Å²) in [6.45, 7) is 6.47. The second kappa shape index (κ2) is 7.41. The van der Waals surface area contributed by atoms with Gasteiger partial charge in [0.05, 0.1) is 17.9 Å². The number of halogens is 3. The van der Waals surface area contributed by atoms with Crippen molar-refractivity contribution < 1.29 is 37.0 Å². The van der Waals surface area contributed by atoms with Crippen molar-refractivity contribution in [3.63, 3.8) is 0 Å².